The number of rotatable bonds is 5. The Kier molecular flexibility index (Phi) is 6.24. The van der Waals surface area contributed by atoms with Crippen molar-refractivity contribution in [2.45, 2.75) is 24.8 Å². The molecule has 0 aliphatic carbocycles. The number of para-hydroxylation sites is 1. The summed E-state index contributed by atoms with van der Waals surface area (Å²) in [7, 11) is -4.04. The van der Waals surface area contributed by atoms with E-state index in [1.165, 1.54) is 10.4 Å². The molecule has 0 saturated carbocycles. The van der Waals surface area contributed by atoms with Gasteiger partial charge < -0.3 is 9.64 Å². The third-order valence-electron chi connectivity index (χ3n) is 6.19. The second kappa shape index (κ2) is 9.51. The number of hydrogen-bond donors (Lipinski definition) is 0. The molecule has 2 aliphatic heterocycles. The Labute approximate surface area is 211 Å². The van der Waals surface area contributed by atoms with Gasteiger partial charge >= 0.3 is 5.97 Å². The third kappa shape index (κ3) is 4.22. The standard InChI is InChI=1S/C29H26N2O4S/c1-3-35-29(32)19-27-26-18-15-23-11-7-8-12-25(23)31(26)28(22-9-5-4-6-10-22)20-30(27)36(33,34)24-16-13-21(2)14-17-24/h4-20,26H,3H2,1-2H3/b27-19+/t26-/m1/s1. The van der Waals surface area contributed by atoms with Crippen LogP contribution < -0.4 is 4.90 Å². The Morgan fingerprint density at radius 2 is 1.67 bits per heavy atom. The predicted octanol–water partition coefficient (Wildman–Crippen LogP) is 5.35. The molecule has 3 aromatic rings. The van der Waals surface area contributed by atoms with Crippen LogP contribution in [0.1, 0.15) is 23.6 Å². The number of nitrogens with zero attached hydrogens (tertiary/aromatic N) is 2. The molecule has 0 N–H and O–H groups in total. The molecule has 0 radical (unpaired) electrons. The van der Waals surface area contributed by atoms with Crippen molar-refractivity contribution >= 4 is 33.5 Å². The van der Waals surface area contributed by atoms with E-state index in [0.717, 1.165) is 22.4 Å². The van der Waals surface area contributed by atoms with Crippen molar-refractivity contribution in [3.8, 4) is 0 Å². The van der Waals surface area contributed by atoms with E-state index in [2.05, 4.69) is 4.90 Å². The maximum Gasteiger partial charge on any atom is 0.332 e. The monoisotopic (exact) mass is 498 g/mol. The Morgan fingerprint density at radius 3 is 2.39 bits per heavy atom. The SMILES string of the molecule is CCOC(=O)/C=C1\[C@H]2C=Cc3ccccc3N2C(c2ccccc2)=CN1S(=O)(=O)c1ccc(C)cc1. The maximum absolute atomic E-state index is 14.0. The Morgan fingerprint density at radius 1 is 0.972 bits per heavy atom. The molecule has 0 aromatic heterocycles. The summed E-state index contributed by atoms with van der Waals surface area (Å²) in [5, 5.41) is 0. The van der Waals surface area contributed by atoms with Crippen LogP contribution in [0.2, 0.25) is 0 Å². The molecule has 7 heteroatoms. The lowest BCUT2D eigenvalue weighted by atomic mass is 9.96. The average molecular weight is 499 g/mol. The molecule has 0 saturated heterocycles. The lowest BCUT2D eigenvalue weighted by Crippen LogP contribution is -2.47. The molecular weight excluding hydrogens is 472 g/mol. The van der Waals surface area contributed by atoms with Gasteiger partial charge in [-0.05, 0) is 43.2 Å². The molecule has 0 unspecified atom stereocenters. The van der Waals surface area contributed by atoms with Crippen molar-refractivity contribution in [1.82, 2.24) is 4.31 Å². The number of sulfonamides is 1. The van der Waals surface area contributed by atoms with Crippen molar-refractivity contribution in [3.05, 3.63) is 120 Å². The topological polar surface area (TPSA) is 66.9 Å². The molecule has 0 fully saturated rings. The number of carbonyl (C=O) groups excluding carboxylic acids is 1. The van der Waals surface area contributed by atoms with Gasteiger partial charge in [-0.25, -0.2) is 17.5 Å². The summed E-state index contributed by atoms with van der Waals surface area (Å²) in [4.78, 5) is 14.9. The minimum atomic E-state index is -4.04. The summed E-state index contributed by atoms with van der Waals surface area (Å²) in [6.45, 7) is 3.80. The van der Waals surface area contributed by atoms with Crippen LogP contribution in [0.5, 0.6) is 0 Å². The number of fused-ring (bicyclic) bond motifs is 3. The third-order valence-corrected chi connectivity index (χ3v) is 7.89. The summed E-state index contributed by atoms with van der Waals surface area (Å²) in [6, 6.07) is 23.7. The van der Waals surface area contributed by atoms with Gasteiger partial charge in [0.15, 0.2) is 0 Å². The van der Waals surface area contributed by atoms with Crippen molar-refractivity contribution in [3.63, 3.8) is 0 Å². The minimum Gasteiger partial charge on any atom is -0.463 e. The van der Waals surface area contributed by atoms with Gasteiger partial charge in [-0.15, -0.1) is 0 Å². The van der Waals surface area contributed by atoms with E-state index in [1.54, 1.807) is 37.4 Å². The van der Waals surface area contributed by atoms with Crippen molar-refractivity contribution < 1.29 is 17.9 Å². The molecule has 6 nitrogen and oxygen atoms in total. The highest BCUT2D eigenvalue weighted by molar-refractivity contribution is 7.89. The van der Waals surface area contributed by atoms with Crippen LogP contribution in [0.4, 0.5) is 5.69 Å². The summed E-state index contributed by atoms with van der Waals surface area (Å²) in [6.07, 6.45) is 6.76. The maximum atomic E-state index is 14.0. The molecule has 0 amide bonds. The van der Waals surface area contributed by atoms with E-state index < -0.39 is 22.0 Å². The number of carbonyl (C=O) groups is 1. The van der Waals surface area contributed by atoms with E-state index in [4.69, 9.17) is 4.74 Å². The van der Waals surface area contributed by atoms with E-state index in [0.29, 0.717) is 11.4 Å². The highest BCUT2D eigenvalue weighted by atomic mass is 32.2. The molecular formula is C29H26N2O4S. The zero-order valence-corrected chi connectivity index (χ0v) is 20.9. The van der Waals surface area contributed by atoms with E-state index in [1.807, 2.05) is 73.7 Å². The van der Waals surface area contributed by atoms with Gasteiger partial charge in [-0.1, -0.05) is 78.4 Å². The van der Waals surface area contributed by atoms with Crippen LogP contribution in [0.15, 0.2) is 108 Å². The quantitative estimate of drug-likeness (QED) is 0.351. The number of benzene rings is 3. The summed E-state index contributed by atoms with van der Waals surface area (Å²) in [5.41, 5.74) is 4.72. The van der Waals surface area contributed by atoms with Crippen LogP contribution in [0.3, 0.4) is 0 Å². The molecule has 36 heavy (non-hydrogen) atoms. The van der Waals surface area contributed by atoms with Gasteiger partial charge in [0.05, 0.1) is 28.9 Å². The zero-order chi connectivity index (χ0) is 25.3. The van der Waals surface area contributed by atoms with Gasteiger partial charge in [0.25, 0.3) is 10.0 Å². The second-order valence-corrected chi connectivity index (χ2v) is 10.4. The van der Waals surface area contributed by atoms with Crippen LogP contribution in [-0.2, 0) is 19.6 Å². The number of ether oxygens (including phenoxy) is 1. The first kappa shape index (κ1) is 23.6. The molecule has 2 heterocycles. The van der Waals surface area contributed by atoms with Gasteiger partial charge in [-0.3, -0.25) is 0 Å². The second-order valence-electron chi connectivity index (χ2n) is 8.55. The van der Waals surface area contributed by atoms with Gasteiger partial charge in [0.1, 0.15) is 0 Å². The summed E-state index contributed by atoms with van der Waals surface area (Å²) in [5.74, 6) is -0.597. The Balaban J connectivity index is 1.77. The van der Waals surface area contributed by atoms with E-state index in [-0.39, 0.29) is 11.5 Å². The smallest absolute Gasteiger partial charge is 0.332 e. The molecule has 0 bridgehead atoms. The molecule has 2 aliphatic rings. The molecule has 1 atom stereocenters. The molecule has 3 aromatic carbocycles. The van der Waals surface area contributed by atoms with Gasteiger partial charge in [-0.2, -0.15) is 0 Å². The molecule has 182 valence electrons. The van der Waals surface area contributed by atoms with Crippen LogP contribution in [0.25, 0.3) is 11.8 Å². The fourth-order valence-electron chi connectivity index (χ4n) is 4.48. The lowest BCUT2D eigenvalue weighted by molar-refractivity contribution is -0.137. The first-order valence-corrected chi connectivity index (χ1v) is 13.2. The number of anilines is 1. The van der Waals surface area contributed by atoms with E-state index in [9.17, 15) is 13.2 Å². The predicted molar refractivity (Wildman–Crippen MR) is 141 cm³/mol. The van der Waals surface area contributed by atoms with Crippen molar-refractivity contribution in [1.29, 1.82) is 0 Å². The number of hydrogen-bond acceptors (Lipinski definition) is 5. The largest absolute Gasteiger partial charge is 0.463 e. The first-order valence-electron chi connectivity index (χ1n) is 11.7. The Hall–Kier alpha value is -4.10. The van der Waals surface area contributed by atoms with Gasteiger partial charge in [0.2, 0.25) is 0 Å². The van der Waals surface area contributed by atoms with Crippen molar-refractivity contribution in [2.75, 3.05) is 11.5 Å². The number of esters is 1. The van der Waals surface area contributed by atoms with Crippen LogP contribution in [-0.4, -0.2) is 31.3 Å². The van der Waals surface area contributed by atoms with Crippen LogP contribution >= 0.6 is 0 Å². The average Bonchev–Trinajstić information content (AvgIpc) is 2.89. The van der Waals surface area contributed by atoms with Crippen molar-refractivity contribution in [2.24, 2.45) is 0 Å². The van der Waals surface area contributed by atoms with Gasteiger partial charge in [0, 0.05) is 18.0 Å². The number of aryl methyl sites for hydroxylation is 1. The first-order chi connectivity index (χ1) is 17.4. The molecule has 0 spiro atoms. The summed E-state index contributed by atoms with van der Waals surface area (Å²) < 4.78 is 34.4. The lowest BCUT2D eigenvalue weighted by Gasteiger charge is -2.45. The normalized spacial score (nSPS) is 17.9. The zero-order valence-electron chi connectivity index (χ0n) is 20.0. The highest BCUT2D eigenvalue weighted by Gasteiger charge is 2.40. The van der Waals surface area contributed by atoms with E-state index >= 15 is 0 Å². The Bertz CT molecular complexity index is 1490. The summed E-state index contributed by atoms with van der Waals surface area (Å²) >= 11 is 0. The highest BCUT2D eigenvalue weighted by Crippen LogP contribution is 2.43. The fraction of sp³-hybridized carbons (Fsp3) is 0.138. The fourth-order valence-corrected chi connectivity index (χ4v) is 5.86. The molecule has 5 rings (SSSR count). The van der Waals surface area contributed by atoms with Crippen LogP contribution in [0, 0.1) is 6.92 Å². The minimum absolute atomic E-state index is 0.139.